The number of hydrogen-bond acceptors (Lipinski definition) is 2. The van der Waals surface area contributed by atoms with Crippen molar-refractivity contribution in [3.63, 3.8) is 0 Å². The highest BCUT2D eigenvalue weighted by molar-refractivity contribution is 9.10. The van der Waals surface area contributed by atoms with Crippen molar-refractivity contribution in [3.8, 4) is 5.75 Å². The summed E-state index contributed by atoms with van der Waals surface area (Å²) in [6, 6.07) is 12.9. The summed E-state index contributed by atoms with van der Waals surface area (Å²) in [6.45, 7) is -2.83. The van der Waals surface area contributed by atoms with E-state index in [-0.39, 0.29) is 11.8 Å². The maximum atomic E-state index is 12.7. The summed E-state index contributed by atoms with van der Waals surface area (Å²) >= 11 is 3.48. The molecule has 0 N–H and O–H groups in total. The van der Waals surface area contributed by atoms with Gasteiger partial charge < -0.3 is 9.30 Å². The van der Waals surface area contributed by atoms with E-state index >= 15 is 0 Å². The molecule has 1 aliphatic heterocycles. The Morgan fingerprint density at radius 1 is 1.22 bits per heavy atom. The van der Waals surface area contributed by atoms with E-state index in [4.69, 9.17) is 4.74 Å². The molecule has 3 aromatic rings. The van der Waals surface area contributed by atoms with Gasteiger partial charge in [-0.3, -0.25) is 0 Å². The Balaban J connectivity index is 1.85. The van der Waals surface area contributed by atoms with E-state index < -0.39 is 6.61 Å². The summed E-state index contributed by atoms with van der Waals surface area (Å²) in [5, 5.41) is 0. The molecule has 6 heteroatoms. The summed E-state index contributed by atoms with van der Waals surface area (Å²) in [6.07, 6.45) is 1.65. The van der Waals surface area contributed by atoms with E-state index in [1.54, 1.807) is 12.1 Å². The van der Waals surface area contributed by atoms with Crippen LogP contribution in [-0.2, 0) is 6.42 Å². The third-order valence-corrected chi connectivity index (χ3v) is 4.66. The molecule has 1 unspecified atom stereocenters. The highest BCUT2D eigenvalue weighted by atomic mass is 79.9. The van der Waals surface area contributed by atoms with Crippen molar-refractivity contribution in [2.24, 2.45) is 0 Å². The predicted octanol–water partition coefficient (Wildman–Crippen LogP) is 4.94. The number of fused-ring (bicyclic) bond motifs is 3. The number of ether oxygens (including phenoxy) is 1. The van der Waals surface area contributed by atoms with Crippen molar-refractivity contribution in [2.75, 3.05) is 0 Å². The lowest BCUT2D eigenvalue weighted by atomic mass is 10.0. The molecular formula is C17H13BrF2N2O. The van der Waals surface area contributed by atoms with Gasteiger partial charge >= 0.3 is 6.61 Å². The van der Waals surface area contributed by atoms with Crippen molar-refractivity contribution in [2.45, 2.75) is 25.5 Å². The van der Waals surface area contributed by atoms with E-state index in [0.29, 0.717) is 0 Å². The molecule has 0 saturated heterocycles. The highest BCUT2D eigenvalue weighted by Crippen LogP contribution is 2.39. The third kappa shape index (κ3) is 2.51. The summed E-state index contributed by atoms with van der Waals surface area (Å²) in [7, 11) is 0. The van der Waals surface area contributed by atoms with Crippen molar-refractivity contribution in [1.82, 2.24) is 9.55 Å². The Morgan fingerprint density at radius 2 is 2.04 bits per heavy atom. The van der Waals surface area contributed by atoms with Crippen molar-refractivity contribution in [3.05, 3.63) is 58.3 Å². The van der Waals surface area contributed by atoms with Gasteiger partial charge in [0.25, 0.3) is 0 Å². The first-order chi connectivity index (χ1) is 11.1. The SMILES string of the molecule is FC(F)Oc1ccccc1C1CCc2nc3ccc(Br)cc3n21. The van der Waals surface area contributed by atoms with Gasteiger partial charge in [0.2, 0.25) is 0 Å². The van der Waals surface area contributed by atoms with Gasteiger partial charge in [0.15, 0.2) is 0 Å². The molecule has 2 heterocycles. The van der Waals surface area contributed by atoms with Crippen LogP contribution in [0.25, 0.3) is 11.0 Å². The minimum Gasteiger partial charge on any atom is -0.434 e. The fourth-order valence-corrected chi connectivity index (χ4v) is 3.64. The second-order valence-corrected chi connectivity index (χ2v) is 6.42. The average molecular weight is 379 g/mol. The van der Waals surface area contributed by atoms with Crippen LogP contribution in [0, 0.1) is 0 Å². The zero-order chi connectivity index (χ0) is 16.0. The lowest BCUT2D eigenvalue weighted by molar-refractivity contribution is -0.0506. The number of nitrogens with zero attached hydrogens (tertiary/aromatic N) is 2. The quantitative estimate of drug-likeness (QED) is 0.645. The lowest BCUT2D eigenvalue weighted by Gasteiger charge is -2.18. The smallest absolute Gasteiger partial charge is 0.387 e. The first-order valence-corrected chi connectivity index (χ1v) is 8.13. The normalized spacial score (nSPS) is 17.0. The number of hydrogen-bond donors (Lipinski definition) is 0. The van der Waals surface area contributed by atoms with Crippen molar-refractivity contribution in [1.29, 1.82) is 0 Å². The van der Waals surface area contributed by atoms with Gasteiger partial charge in [0.1, 0.15) is 11.6 Å². The van der Waals surface area contributed by atoms with E-state index in [2.05, 4.69) is 25.5 Å². The zero-order valence-electron chi connectivity index (χ0n) is 12.0. The molecule has 2 aromatic carbocycles. The monoisotopic (exact) mass is 378 g/mol. The third-order valence-electron chi connectivity index (χ3n) is 4.17. The Morgan fingerprint density at radius 3 is 2.87 bits per heavy atom. The zero-order valence-corrected chi connectivity index (χ0v) is 13.6. The fraction of sp³-hybridized carbons (Fsp3) is 0.235. The van der Waals surface area contributed by atoms with Crippen LogP contribution in [0.2, 0.25) is 0 Å². The highest BCUT2D eigenvalue weighted by Gasteiger charge is 2.29. The average Bonchev–Trinajstić information content (AvgIpc) is 3.06. The van der Waals surface area contributed by atoms with Crippen LogP contribution >= 0.6 is 15.9 Å². The summed E-state index contributed by atoms with van der Waals surface area (Å²) in [5.41, 5.74) is 2.69. The van der Waals surface area contributed by atoms with Gasteiger partial charge in [-0.2, -0.15) is 8.78 Å². The number of imidazole rings is 1. The van der Waals surface area contributed by atoms with Crippen molar-refractivity contribution < 1.29 is 13.5 Å². The molecule has 1 atom stereocenters. The Labute approximate surface area is 140 Å². The maximum Gasteiger partial charge on any atom is 0.387 e. The van der Waals surface area contributed by atoms with Gasteiger partial charge in [0.05, 0.1) is 17.1 Å². The molecule has 23 heavy (non-hydrogen) atoms. The van der Waals surface area contributed by atoms with Crippen molar-refractivity contribution >= 4 is 27.0 Å². The van der Waals surface area contributed by atoms with Gasteiger partial charge in [-0.15, -0.1) is 0 Å². The number of benzene rings is 2. The molecule has 0 fully saturated rings. The second kappa shape index (κ2) is 5.60. The molecule has 118 valence electrons. The lowest BCUT2D eigenvalue weighted by Crippen LogP contribution is -2.10. The molecular weight excluding hydrogens is 366 g/mol. The molecule has 0 saturated carbocycles. The molecule has 0 bridgehead atoms. The van der Waals surface area contributed by atoms with Crippen LogP contribution in [0.5, 0.6) is 5.75 Å². The Hall–Kier alpha value is -1.95. The van der Waals surface area contributed by atoms with Gasteiger partial charge in [-0.1, -0.05) is 34.1 Å². The van der Waals surface area contributed by atoms with Gasteiger partial charge in [0, 0.05) is 16.5 Å². The number of aryl methyl sites for hydroxylation is 1. The Bertz CT molecular complexity index is 878. The Kier molecular flexibility index (Phi) is 3.56. The van der Waals surface area contributed by atoms with Crippen LogP contribution < -0.4 is 4.74 Å². The molecule has 1 aromatic heterocycles. The van der Waals surface area contributed by atoms with Gasteiger partial charge in [-0.25, -0.2) is 4.98 Å². The van der Waals surface area contributed by atoms with Crippen LogP contribution in [-0.4, -0.2) is 16.2 Å². The summed E-state index contributed by atoms with van der Waals surface area (Å²) in [4.78, 5) is 4.65. The van der Waals surface area contributed by atoms with E-state index in [9.17, 15) is 8.78 Å². The van der Waals surface area contributed by atoms with Crippen LogP contribution in [0.15, 0.2) is 46.9 Å². The molecule has 3 nitrogen and oxygen atoms in total. The first-order valence-electron chi connectivity index (χ1n) is 7.33. The van der Waals surface area contributed by atoms with E-state index in [1.807, 2.05) is 30.3 Å². The van der Waals surface area contributed by atoms with Crippen LogP contribution in [0.4, 0.5) is 8.78 Å². The molecule has 1 aliphatic rings. The number of para-hydroxylation sites is 1. The number of halogens is 3. The topological polar surface area (TPSA) is 27.1 Å². The van der Waals surface area contributed by atoms with Crippen LogP contribution in [0.3, 0.4) is 0 Å². The van der Waals surface area contributed by atoms with Crippen LogP contribution in [0.1, 0.15) is 23.9 Å². The molecule has 4 rings (SSSR count). The maximum absolute atomic E-state index is 12.7. The molecule has 0 amide bonds. The summed E-state index contributed by atoms with van der Waals surface area (Å²) in [5.74, 6) is 1.21. The van der Waals surface area contributed by atoms with Gasteiger partial charge in [-0.05, 0) is 30.7 Å². The minimum absolute atomic E-state index is 0.0424. The molecule has 0 spiro atoms. The molecule has 0 aliphatic carbocycles. The fourth-order valence-electron chi connectivity index (χ4n) is 3.29. The first kappa shape index (κ1) is 14.6. The van der Waals surface area contributed by atoms with E-state index in [0.717, 1.165) is 39.7 Å². The standard InChI is InChI=1S/C17H13BrF2N2O/c18-10-5-6-12-14(9-10)22-13(7-8-16(22)21-12)11-3-1-2-4-15(11)23-17(19)20/h1-6,9,13,17H,7-8H2. The van der Waals surface area contributed by atoms with E-state index in [1.165, 1.54) is 0 Å². The largest absolute Gasteiger partial charge is 0.434 e. The summed E-state index contributed by atoms with van der Waals surface area (Å²) < 4.78 is 33.2. The predicted molar refractivity (Wildman–Crippen MR) is 87.0 cm³/mol. The molecule has 0 radical (unpaired) electrons. The number of rotatable bonds is 3. The second-order valence-electron chi connectivity index (χ2n) is 5.50. The number of alkyl halides is 2. The minimum atomic E-state index is -2.83. The number of aromatic nitrogens is 2.